The van der Waals surface area contributed by atoms with Gasteiger partial charge in [-0.25, -0.2) is 0 Å². The fourth-order valence-electron chi connectivity index (χ4n) is 2.10. The van der Waals surface area contributed by atoms with Crippen LogP contribution in [-0.2, 0) is 6.54 Å². The zero-order chi connectivity index (χ0) is 15.1. The maximum Gasteiger partial charge on any atom is 0.124 e. The van der Waals surface area contributed by atoms with Gasteiger partial charge < -0.3 is 10.1 Å². The van der Waals surface area contributed by atoms with Crippen molar-refractivity contribution in [3.05, 3.63) is 77.3 Å². The van der Waals surface area contributed by atoms with Crippen LogP contribution < -0.4 is 10.1 Å². The Hall–Kier alpha value is -1.77. The van der Waals surface area contributed by atoms with Gasteiger partial charge in [-0.05, 0) is 30.7 Å². The number of para-hydroxylation sites is 1. The summed E-state index contributed by atoms with van der Waals surface area (Å²) in [5.41, 5.74) is 2.31. The molecule has 0 aliphatic heterocycles. The van der Waals surface area contributed by atoms with E-state index in [4.69, 9.17) is 16.3 Å². The molecule has 2 aromatic carbocycles. The Bertz CT molecular complexity index is 597. The minimum atomic E-state index is 0.219. The standard InChI is InChI=1S/C18H20ClNO/c1-3-11-21-18-10-5-4-7-16(18)13-20-14(2)15-8-6-9-17(19)12-15/h3-10,12,14,20H,1,11,13H2,2H3/t14-/m1/s1. The smallest absolute Gasteiger partial charge is 0.124 e. The maximum absolute atomic E-state index is 6.03. The Kier molecular flexibility index (Phi) is 5.85. The summed E-state index contributed by atoms with van der Waals surface area (Å²) in [5.74, 6) is 0.892. The molecule has 0 amide bonds. The van der Waals surface area contributed by atoms with E-state index in [2.05, 4.69) is 31.0 Å². The zero-order valence-corrected chi connectivity index (χ0v) is 12.9. The quantitative estimate of drug-likeness (QED) is 0.745. The number of ether oxygens (including phenoxy) is 1. The predicted molar refractivity (Wildman–Crippen MR) is 88.8 cm³/mol. The summed E-state index contributed by atoms with van der Waals surface area (Å²) >= 11 is 6.03. The molecule has 2 rings (SSSR count). The van der Waals surface area contributed by atoms with Crippen LogP contribution in [0, 0.1) is 0 Å². The van der Waals surface area contributed by atoms with Crippen LogP contribution in [0.2, 0.25) is 5.02 Å². The fraction of sp³-hybridized carbons (Fsp3) is 0.222. The Morgan fingerprint density at radius 3 is 2.81 bits per heavy atom. The molecule has 0 aromatic heterocycles. The summed E-state index contributed by atoms with van der Waals surface area (Å²) in [6, 6.07) is 16.2. The van der Waals surface area contributed by atoms with Gasteiger partial charge in [-0.2, -0.15) is 0 Å². The second-order valence-electron chi connectivity index (χ2n) is 4.86. The first-order chi connectivity index (χ1) is 10.2. The molecule has 1 N–H and O–H groups in total. The van der Waals surface area contributed by atoms with Crippen LogP contribution in [0.3, 0.4) is 0 Å². The number of benzene rings is 2. The van der Waals surface area contributed by atoms with Gasteiger partial charge in [0.25, 0.3) is 0 Å². The molecule has 0 radical (unpaired) electrons. The molecule has 0 aliphatic carbocycles. The molecule has 0 saturated carbocycles. The summed E-state index contributed by atoms with van der Waals surface area (Å²) in [5, 5.41) is 4.25. The highest BCUT2D eigenvalue weighted by molar-refractivity contribution is 6.30. The largest absolute Gasteiger partial charge is 0.489 e. The van der Waals surface area contributed by atoms with E-state index in [1.165, 1.54) is 5.56 Å². The fourth-order valence-corrected chi connectivity index (χ4v) is 2.29. The minimum absolute atomic E-state index is 0.219. The molecule has 0 bridgehead atoms. The van der Waals surface area contributed by atoms with E-state index in [0.29, 0.717) is 6.61 Å². The molecule has 0 aliphatic rings. The third-order valence-corrected chi connectivity index (χ3v) is 3.51. The van der Waals surface area contributed by atoms with E-state index in [1.807, 2.05) is 36.4 Å². The number of hydrogen-bond donors (Lipinski definition) is 1. The summed E-state index contributed by atoms with van der Waals surface area (Å²) in [7, 11) is 0. The molecule has 1 atom stereocenters. The van der Waals surface area contributed by atoms with Crippen molar-refractivity contribution in [1.29, 1.82) is 0 Å². The Morgan fingerprint density at radius 1 is 1.24 bits per heavy atom. The summed E-state index contributed by atoms with van der Waals surface area (Å²) in [4.78, 5) is 0. The average molecular weight is 302 g/mol. The van der Waals surface area contributed by atoms with Crippen molar-refractivity contribution in [2.24, 2.45) is 0 Å². The van der Waals surface area contributed by atoms with E-state index < -0.39 is 0 Å². The van der Waals surface area contributed by atoms with Crippen molar-refractivity contribution in [2.45, 2.75) is 19.5 Å². The Balaban J connectivity index is 2.01. The molecule has 0 saturated heterocycles. The number of hydrogen-bond acceptors (Lipinski definition) is 2. The van der Waals surface area contributed by atoms with Crippen LogP contribution in [0.25, 0.3) is 0 Å². The number of nitrogens with one attached hydrogen (secondary N) is 1. The molecule has 0 unspecified atom stereocenters. The first-order valence-corrected chi connectivity index (χ1v) is 7.39. The molecule has 2 nitrogen and oxygen atoms in total. The topological polar surface area (TPSA) is 21.3 Å². The second-order valence-corrected chi connectivity index (χ2v) is 5.30. The molecule has 21 heavy (non-hydrogen) atoms. The molecule has 110 valence electrons. The molecule has 0 heterocycles. The highest BCUT2D eigenvalue weighted by Crippen LogP contribution is 2.21. The van der Waals surface area contributed by atoms with Crippen molar-refractivity contribution in [3.63, 3.8) is 0 Å². The van der Waals surface area contributed by atoms with Gasteiger partial charge in [0.05, 0.1) is 0 Å². The van der Waals surface area contributed by atoms with Gasteiger partial charge in [0, 0.05) is 23.2 Å². The average Bonchev–Trinajstić information content (AvgIpc) is 2.51. The summed E-state index contributed by atoms with van der Waals surface area (Å²) < 4.78 is 5.66. The van der Waals surface area contributed by atoms with Crippen LogP contribution in [0.5, 0.6) is 5.75 Å². The highest BCUT2D eigenvalue weighted by Gasteiger charge is 2.07. The number of rotatable bonds is 7. The van der Waals surface area contributed by atoms with Gasteiger partial charge in [0.2, 0.25) is 0 Å². The maximum atomic E-state index is 6.03. The molecule has 0 fully saturated rings. The van der Waals surface area contributed by atoms with Crippen LogP contribution >= 0.6 is 11.6 Å². The summed E-state index contributed by atoms with van der Waals surface area (Å²) in [6.07, 6.45) is 1.75. The van der Waals surface area contributed by atoms with Crippen LogP contribution in [-0.4, -0.2) is 6.61 Å². The SMILES string of the molecule is C=CCOc1ccccc1CN[C@H](C)c1cccc(Cl)c1. The van der Waals surface area contributed by atoms with E-state index in [-0.39, 0.29) is 6.04 Å². The highest BCUT2D eigenvalue weighted by atomic mass is 35.5. The van der Waals surface area contributed by atoms with Crippen molar-refractivity contribution >= 4 is 11.6 Å². The normalized spacial score (nSPS) is 11.9. The predicted octanol–water partition coefficient (Wildman–Crippen LogP) is 4.76. The van der Waals surface area contributed by atoms with E-state index in [1.54, 1.807) is 6.08 Å². The van der Waals surface area contributed by atoms with E-state index in [9.17, 15) is 0 Å². The van der Waals surface area contributed by atoms with Crippen LogP contribution in [0.15, 0.2) is 61.2 Å². The van der Waals surface area contributed by atoms with Gasteiger partial charge in [0.15, 0.2) is 0 Å². The van der Waals surface area contributed by atoms with Gasteiger partial charge in [-0.3, -0.25) is 0 Å². The molecule has 3 heteroatoms. The van der Waals surface area contributed by atoms with Crippen molar-refractivity contribution in [3.8, 4) is 5.75 Å². The van der Waals surface area contributed by atoms with Crippen LogP contribution in [0.4, 0.5) is 0 Å². The van der Waals surface area contributed by atoms with Crippen molar-refractivity contribution in [2.75, 3.05) is 6.61 Å². The second kappa shape index (κ2) is 7.87. The molecular formula is C18H20ClNO. The van der Waals surface area contributed by atoms with Gasteiger partial charge in [0.1, 0.15) is 12.4 Å². The monoisotopic (exact) mass is 301 g/mol. The van der Waals surface area contributed by atoms with Crippen molar-refractivity contribution in [1.82, 2.24) is 5.32 Å². The first kappa shape index (κ1) is 15.6. The van der Waals surface area contributed by atoms with Gasteiger partial charge >= 0.3 is 0 Å². The Morgan fingerprint density at radius 2 is 2.05 bits per heavy atom. The third-order valence-electron chi connectivity index (χ3n) is 3.28. The molecule has 0 spiro atoms. The van der Waals surface area contributed by atoms with E-state index in [0.717, 1.165) is 22.9 Å². The van der Waals surface area contributed by atoms with E-state index >= 15 is 0 Å². The number of halogens is 1. The van der Waals surface area contributed by atoms with Crippen LogP contribution in [0.1, 0.15) is 24.1 Å². The molecular weight excluding hydrogens is 282 g/mol. The lowest BCUT2D eigenvalue weighted by Gasteiger charge is -2.16. The lowest BCUT2D eigenvalue weighted by Crippen LogP contribution is -2.18. The zero-order valence-electron chi connectivity index (χ0n) is 12.2. The molecule has 2 aromatic rings. The minimum Gasteiger partial charge on any atom is -0.489 e. The van der Waals surface area contributed by atoms with Gasteiger partial charge in [-0.15, -0.1) is 0 Å². The lowest BCUT2D eigenvalue weighted by atomic mass is 10.1. The lowest BCUT2D eigenvalue weighted by molar-refractivity contribution is 0.357. The Labute approximate surface area is 131 Å². The summed E-state index contributed by atoms with van der Waals surface area (Å²) in [6.45, 7) is 7.05. The van der Waals surface area contributed by atoms with Gasteiger partial charge in [-0.1, -0.05) is 54.6 Å². The first-order valence-electron chi connectivity index (χ1n) is 7.01. The van der Waals surface area contributed by atoms with Crippen molar-refractivity contribution < 1.29 is 4.74 Å². The third kappa shape index (κ3) is 4.62.